The number of benzene rings is 1. The zero-order chi connectivity index (χ0) is 35.1. The van der Waals surface area contributed by atoms with Crippen LogP contribution in [0.4, 0.5) is 38.0 Å². The Morgan fingerprint density at radius 3 is 2.19 bits per heavy atom. The fourth-order valence-electron chi connectivity index (χ4n) is 6.15. The molecule has 0 saturated carbocycles. The van der Waals surface area contributed by atoms with E-state index >= 15 is 0 Å². The summed E-state index contributed by atoms with van der Waals surface area (Å²) in [5.74, 6) is -1.66. The zero-order valence-corrected chi connectivity index (χ0v) is 27.1. The molecule has 0 radical (unpaired) electrons. The normalized spacial score (nSPS) is 17.9. The minimum atomic E-state index is -4.81. The fourth-order valence-corrected chi connectivity index (χ4v) is 6.54. The van der Waals surface area contributed by atoms with E-state index in [1.54, 1.807) is 9.80 Å². The Kier molecular flexibility index (Phi) is 12.3. The van der Waals surface area contributed by atoms with Gasteiger partial charge in [0.15, 0.2) is 5.78 Å². The zero-order valence-electron chi connectivity index (χ0n) is 26.3. The predicted molar refractivity (Wildman–Crippen MR) is 167 cm³/mol. The summed E-state index contributed by atoms with van der Waals surface area (Å²) in [7, 11) is -3.66. The third kappa shape index (κ3) is 11.0. The molecular weight excluding hydrogens is 666 g/mol. The van der Waals surface area contributed by atoms with E-state index < -0.39 is 39.8 Å². The lowest BCUT2D eigenvalue weighted by Gasteiger charge is -2.34. The van der Waals surface area contributed by atoms with Gasteiger partial charge in [-0.1, -0.05) is 12.1 Å². The van der Waals surface area contributed by atoms with Gasteiger partial charge in [0, 0.05) is 45.1 Å². The minimum absolute atomic E-state index is 0.0292. The second kappa shape index (κ2) is 15.8. The number of nitrogens with one attached hydrogen (secondary N) is 1. The van der Waals surface area contributed by atoms with E-state index in [0.29, 0.717) is 70.1 Å². The lowest BCUT2D eigenvalue weighted by atomic mass is 9.91. The maximum Gasteiger partial charge on any atom is 0.451 e. The number of carbonyl (C=O) groups excluding carboxylic acids is 2. The van der Waals surface area contributed by atoms with Gasteiger partial charge in [-0.25, -0.2) is 23.5 Å². The van der Waals surface area contributed by atoms with Crippen LogP contribution in [0.1, 0.15) is 74.7 Å². The van der Waals surface area contributed by atoms with E-state index in [1.807, 2.05) is 0 Å². The molecule has 0 aliphatic carbocycles. The molecule has 10 nitrogen and oxygen atoms in total. The van der Waals surface area contributed by atoms with Crippen LogP contribution in [0.15, 0.2) is 30.3 Å². The first kappa shape index (κ1) is 37.4. The summed E-state index contributed by atoms with van der Waals surface area (Å²) in [5, 5.41) is 7.43. The number of hydrogen-bond acceptors (Lipinski definition) is 8. The van der Waals surface area contributed by atoms with Crippen molar-refractivity contribution < 1.29 is 44.3 Å². The largest absolute Gasteiger partial charge is 0.451 e. The molecule has 1 atom stereocenters. The second-order valence-corrected chi connectivity index (χ2v) is 14.0. The van der Waals surface area contributed by atoms with Crippen LogP contribution in [0.5, 0.6) is 0 Å². The van der Waals surface area contributed by atoms with Crippen LogP contribution in [0, 0.1) is 5.92 Å². The van der Waals surface area contributed by atoms with Crippen molar-refractivity contribution in [3.05, 3.63) is 47.3 Å². The molecule has 3 N–H and O–H groups in total. The highest BCUT2D eigenvalue weighted by molar-refractivity contribution is 7.89. The third-order valence-corrected chi connectivity index (χ3v) is 9.48. The van der Waals surface area contributed by atoms with Gasteiger partial charge in [0.05, 0.1) is 17.4 Å². The van der Waals surface area contributed by atoms with Crippen molar-refractivity contribution in [2.45, 2.75) is 82.6 Å². The van der Waals surface area contributed by atoms with Crippen molar-refractivity contribution in [2.75, 3.05) is 41.7 Å². The molecule has 2 aliphatic rings. The molecule has 3 heterocycles. The van der Waals surface area contributed by atoms with Gasteiger partial charge >= 0.3 is 12.4 Å². The summed E-state index contributed by atoms with van der Waals surface area (Å²) in [6.45, 7) is 1.19. The van der Waals surface area contributed by atoms with Crippen molar-refractivity contribution >= 4 is 33.3 Å². The van der Waals surface area contributed by atoms with Gasteiger partial charge in [-0.05, 0) is 75.0 Å². The Labute approximate surface area is 275 Å². The van der Waals surface area contributed by atoms with Gasteiger partial charge in [-0.15, -0.1) is 0 Å². The van der Waals surface area contributed by atoms with E-state index in [-0.39, 0.29) is 54.4 Å². The number of sulfonamides is 1. The lowest BCUT2D eigenvalue weighted by molar-refractivity contribution is -0.144. The first-order valence-electron chi connectivity index (χ1n) is 15.9. The Morgan fingerprint density at radius 2 is 1.56 bits per heavy atom. The van der Waals surface area contributed by atoms with E-state index in [9.17, 15) is 44.3 Å². The van der Waals surface area contributed by atoms with Crippen molar-refractivity contribution in [1.82, 2.24) is 15.3 Å². The van der Waals surface area contributed by atoms with Crippen LogP contribution < -0.4 is 20.3 Å². The van der Waals surface area contributed by atoms with Gasteiger partial charge in [-0.2, -0.15) is 26.3 Å². The van der Waals surface area contributed by atoms with Crippen LogP contribution in [0.3, 0.4) is 0 Å². The van der Waals surface area contributed by atoms with E-state index in [1.165, 1.54) is 18.2 Å². The number of aryl methyl sites for hydroxylation is 1. The van der Waals surface area contributed by atoms with Gasteiger partial charge in [-0.3, -0.25) is 9.59 Å². The molecule has 1 amide bonds. The quantitative estimate of drug-likeness (QED) is 0.266. The molecule has 1 aromatic carbocycles. The summed E-state index contributed by atoms with van der Waals surface area (Å²) in [5.41, 5.74) is -0.100. The van der Waals surface area contributed by atoms with Gasteiger partial charge in [0.25, 0.3) is 0 Å². The van der Waals surface area contributed by atoms with Gasteiger partial charge in [0.2, 0.25) is 21.8 Å². The SMILES string of the molecule is NS(=O)(=O)CCNC(=O)CCCC1CCN(c2cc(N3CCC[C@H]3C(=O)CCCc3ccc(C(F)(F)F)cc3)nc(C(F)(F)F)n2)CC1. The molecule has 266 valence electrons. The molecule has 0 bridgehead atoms. The average molecular weight is 707 g/mol. The summed E-state index contributed by atoms with van der Waals surface area (Å²) in [6, 6.07) is 5.58. The number of Topliss-reactive ketones (excluding diaryl/α,β-unsaturated/α-hetero) is 1. The second-order valence-electron chi connectivity index (χ2n) is 12.3. The Hall–Kier alpha value is -3.47. The van der Waals surface area contributed by atoms with E-state index in [0.717, 1.165) is 18.6 Å². The number of aromatic nitrogens is 2. The molecule has 0 unspecified atom stereocenters. The molecule has 1 aromatic heterocycles. The van der Waals surface area contributed by atoms with Crippen molar-refractivity contribution in [3.63, 3.8) is 0 Å². The Morgan fingerprint density at radius 1 is 0.896 bits per heavy atom. The number of amides is 1. The number of alkyl halides is 6. The number of ketones is 1. The highest BCUT2D eigenvalue weighted by Gasteiger charge is 2.39. The summed E-state index contributed by atoms with van der Waals surface area (Å²) in [4.78, 5) is 36.2. The molecule has 2 aromatic rings. The lowest BCUT2D eigenvalue weighted by Crippen LogP contribution is -2.38. The molecular formula is C31H40F6N6O4S. The van der Waals surface area contributed by atoms with Crippen LogP contribution in [0.2, 0.25) is 0 Å². The minimum Gasteiger partial charge on any atom is -0.356 e. The predicted octanol–water partition coefficient (Wildman–Crippen LogP) is 4.87. The number of piperidine rings is 1. The Balaban J connectivity index is 1.33. The number of hydrogen-bond donors (Lipinski definition) is 2. The average Bonchev–Trinajstić information content (AvgIpc) is 3.50. The number of carbonyl (C=O) groups is 2. The van der Waals surface area contributed by atoms with Crippen LogP contribution >= 0.6 is 0 Å². The van der Waals surface area contributed by atoms with Gasteiger partial charge < -0.3 is 15.1 Å². The van der Waals surface area contributed by atoms with Crippen LogP contribution in [-0.2, 0) is 38.4 Å². The van der Waals surface area contributed by atoms with Crippen molar-refractivity contribution in [3.8, 4) is 0 Å². The molecule has 2 aliphatic heterocycles. The maximum atomic E-state index is 13.9. The summed E-state index contributed by atoms with van der Waals surface area (Å²) in [6.07, 6.45) is -4.42. The highest BCUT2D eigenvalue weighted by atomic mass is 32.2. The number of primary sulfonamides is 1. The molecule has 2 saturated heterocycles. The summed E-state index contributed by atoms with van der Waals surface area (Å²) >= 11 is 0. The third-order valence-electron chi connectivity index (χ3n) is 8.70. The first-order valence-corrected chi connectivity index (χ1v) is 17.6. The molecule has 17 heteroatoms. The first-order chi connectivity index (χ1) is 22.5. The smallest absolute Gasteiger partial charge is 0.356 e. The number of anilines is 2. The molecule has 0 spiro atoms. The van der Waals surface area contributed by atoms with Crippen LogP contribution in [0.25, 0.3) is 0 Å². The maximum absolute atomic E-state index is 13.9. The molecule has 4 rings (SSSR count). The van der Waals surface area contributed by atoms with Crippen molar-refractivity contribution in [2.24, 2.45) is 11.1 Å². The number of nitrogens with zero attached hydrogens (tertiary/aromatic N) is 4. The van der Waals surface area contributed by atoms with Gasteiger partial charge in [0.1, 0.15) is 11.6 Å². The van der Waals surface area contributed by atoms with Crippen LogP contribution in [-0.4, -0.2) is 68.0 Å². The number of rotatable bonds is 14. The summed E-state index contributed by atoms with van der Waals surface area (Å²) < 4.78 is 102. The topological polar surface area (TPSA) is 139 Å². The molecule has 48 heavy (non-hydrogen) atoms. The monoisotopic (exact) mass is 706 g/mol. The van der Waals surface area contributed by atoms with E-state index in [2.05, 4.69) is 15.3 Å². The Bertz CT molecular complexity index is 1510. The fraction of sp³-hybridized carbons (Fsp3) is 0.613. The highest BCUT2D eigenvalue weighted by Crippen LogP contribution is 2.35. The molecule has 2 fully saturated rings. The van der Waals surface area contributed by atoms with Crippen molar-refractivity contribution in [1.29, 1.82) is 0 Å². The van der Waals surface area contributed by atoms with E-state index in [4.69, 9.17) is 5.14 Å². The number of halogens is 6. The number of nitrogens with two attached hydrogens (primary N) is 1. The standard InChI is InChI=1S/C31H40F6N6O4S/c32-30(33,34)23-11-9-21(10-12-23)4-1-7-25(44)24-6-3-16-43(24)27-20-26(40-29(41-27)31(35,36)37)42-17-13-22(14-18-42)5-2-8-28(45)39-15-19-48(38,46)47/h9-12,20,22,24H,1-8,13-19H2,(H,39,45)(H2,38,46,47)/t24-/m0/s1.